The van der Waals surface area contributed by atoms with E-state index in [4.69, 9.17) is 5.73 Å². The second-order valence-corrected chi connectivity index (χ2v) is 5.05. The summed E-state index contributed by atoms with van der Waals surface area (Å²) in [6.45, 7) is 3.03. The van der Waals surface area contributed by atoms with Gasteiger partial charge in [-0.05, 0) is 44.7 Å². The summed E-state index contributed by atoms with van der Waals surface area (Å²) < 4.78 is 0. The van der Waals surface area contributed by atoms with Gasteiger partial charge in [0.2, 0.25) is 0 Å². The molecule has 0 aromatic heterocycles. The zero-order valence-corrected chi connectivity index (χ0v) is 9.95. The molecule has 4 nitrogen and oxygen atoms in total. The minimum atomic E-state index is -0.225. The van der Waals surface area contributed by atoms with Crippen LogP contribution < -0.4 is 11.1 Å². The Bertz CT molecular complexity index is 238. The van der Waals surface area contributed by atoms with Crippen molar-refractivity contribution in [2.45, 2.75) is 44.6 Å². The molecule has 2 aliphatic heterocycles. The molecule has 0 radical (unpaired) electrons. The first-order valence-electron chi connectivity index (χ1n) is 6.56. The van der Waals surface area contributed by atoms with Crippen LogP contribution in [0.25, 0.3) is 0 Å². The van der Waals surface area contributed by atoms with Gasteiger partial charge in [-0.15, -0.1) is 0 Å². The molecule has 0 spiro atoms. The molecular weight excluding hydrogens is 202 g/mol. The van der Waals surface area contributed by atoms with E-state index in [0.717, 1.165) is 32.5 Å². The molecule has 0 aromatic carbocycles. The average Bonchev–Trinajstić information content (AvgIpc) is 2.55. The second kappa shape index (κ2) is 5.53. The van der Waals surface area contributed by atoms with Crippen LogP contribution in [0.2, 0.25) is 0 Å². The SMILES string of the molecule is NC(=O)N1CCCCCC1[C@@H]1CCCNC1. The Hall–Kier alpha value is -0.770. The molecule has 0 aliphatic carbocycles. The predicted molar refractivity (Wildman–Crippen MR) is 64.1 cm³/mol. The molecule has 16 heavy (non-hydrogen) atoms. The van der Waals surface area contributed by atoms with Crippen LogP contribution in [-0.4, -0.2) is 36.6 Å². The van der Waals surface area contributed by atoms with Gasteiger partial charge < -0.3 is 16.0 Å². The van der Waals surface area contributed by atoms with E-state index in [1.807, 2.05) is 4.90 Å². The third-order valence-electron chi connectivity index (χ3n) is 3.96. The smallest absolute Gasteiger partial charge is 0.315 e. The zero-order valence-electron chi connectivity index (χ0n) is 9.95. The predicted octanol–water partition coefficient (Wildman–Crippen LogP) is 1.31. The van der Waals surface area contributed by atoms with E-state index in [-0.39, 0.29) is 6.03 Å². The molecule has 4 heteroatoms. The summed E-state index contributed by atoms with van der Waals surface area (Å²) in [5.74, 6) is 0.611. The lowest BCUT2D eigenvalue weighted by Gasteiger charge is -2.37. The third-order valence-corrected chi connectivity index (χ3v) is 3.96. The van der Waals surface area contributed by atoms with Gasteiger partial charge in [-0.1, -0.05) is 12.8 Å². The normalized spacial score (nSPS) is 32.1. The fraction of sp³-hybridized carbons (Fsp3) is 0.917. The number of nitrogens with two attached hydrogens (primary N) is 1. The number of amides is 2. The quantitative estimate of drug-likeness (QED) is 0.707. The fourth-order valence-electron chi connectivity index (χ4n) is 3.11. The molecule has 0 aromatic rings. The Balaban J connectivity index is 2.03. The summed E-state index contributed by atoms with van der Waals surface area (Å²) in [5.41, 5.74) is 5.50. The third kappa shape index (κ3) is 2.67. The van der Waals surface area contributed by atoms with Gasteiger partial charge in [0.25, 0.3) is 0 Å². The van der Waals surface area contributed by atoms with Gasteiger partial charge >= 0.3 is 6.03 Å². The molecule has 2 rings (SSSR count). The number of nitrogens with zero attached hydrogens (tertiary/aromatic N) is 1. The van der Waals surface area contributed by atoms with E-state index >= 15 is 0 Å². The largest absolute Gasteiger partial charge is 0.351 e. The van der Waals surface area contributed by atoms with E-state index in [1.165, 1.54) is 25.7 Å². The van der Waals surface area contributed by atoms with E-state index < -0.39 is 0 Å². The van der Waals surface area contributed by atoms with Gasteiger partial charge in [-0.25, -0.2) is 4.79 Å². The number of piperidine rings is 1. The molecule has 92 valence electrons. The molecule has 2 aliphatic rings. The summed E-state index contributed by atoms with van der Waals surface area (Å²) in [6, 6.07) is 0.158. The Kier molecular flexibility index (Phi) is 4.04. The zero-order chi connectivity index (χ0) is 11.4. The van der Waals surface area contributed by atoms with Gasteiger partial charge in [0.15, 0.2) is 0 Å². The minimum Gasteiger partial charge on any atom is -0.351 e. The maximum absolute atomic E-state index is 11.5. The van der Waals surface area contributed by atoms with Crippen LogP contribution in [0.5, 0.6) is 0 Å². The number of hydrogen-bond donors (Lipinski definition) is 2. The van der Waals surface area contributed by atoms with Crippen LogP contribution in [0.4, 0.5) is 4.79 Å². The van der Waals surface area contributed by atoms with Crippen molar-refractivity contribution in [2.75, 3.05) is 19.6 Å². The molecule has 3 N–H and O–H groups in total. The maximum atomic E-state index is 11.5. The first-order chi connectivity index (χ1) is 7.79. The highest BCUT2D eigenvalue weighted by Gasteiger charge is 2.31. The number of rotatable bonds is 1. The highest BCUT2D eigenvalue weighted by Crippen LogP contribution is 2.26. The monoisotopic (exact) mass is 225 g/mol. The van der Waals surface area contributed by atoms with Crippen LogP contribution in [-0.2, 0) is 0 Å². The van der Waals surface area contributed by atoms with Gasteiger partial charge in [-0.2, -0.15) is 0 Å². The van der Waals surface area contributed by atoms with Gasteiger partial charge in [0, 0.05) is 12.6 Å². The number of carbonyl (C=O) groups excluding carboxylic acids is 1. The first kappa shape index (κ1) is 11.7. The van der Waals surface area contributed by atoms with E-state index in [2.05, 4.69) is 5.32 Å². The van der Waals surface area contributed by atoms with Crippen molar-refractivity contribution in [2.24, 2.45) is 11.7 Å². The average molecular weight is 225 g/mol. The lowest BCUT2D eigenvalue weighted by atomic mass is 9.88. The molecular formula is C12H23N3O. The number of primary amides is 1. The number of likely N-dealkylation sites (tertiary alicyclic amines) is 1. The molecule has 2 atom stereocenters. The molecule has 1 unspecified atom stereocenters. The van der Waals surface area contributed by atoms with Crippen molar-refractivity contribution >= 4 is 6.03 Å². The lowest BCUT2D eigenvalue weighted by molar-refractivity contribution is 0.142. The van der Waals surface area contributed by atoms with Gasteiger partial charge in [0.05, 0.1) is 0 Å². The van der Waals surface area contributed by atoms with E-state index in [0.29, 0.717) is 12.0 Å². The Morgan fingerprint density at radius 2 is 2.06 bits per heavy atom. The van der Waals surface area contributed by atoms with Crippen molar-refractivity contribution in [3.8, 4) is 0 Å². The topological polar surface area (TPSA) is 58.4 Å². The number of urea groups is 1. The molecule has 2 amide bonds. The molecule has 2 saturated heterocycles. The minimum absolute atomic E-state index is 0.225. The van der Waals surface area contributed by atoms with Crippen LogP contribution in [0.15, 0.2) is 0 Å². The highest BCUT2D eigenvalue weighted by atomic mass is 16.2. The standard InChI is InChI=1S/C12H23N3O/c13-12(16)15-8-3-1-2-6-11(15)10-5-4-7-14-9-10/h10-11,14H,1-9H2,(H2,13,16)/t10-,11?/m1/s1. The van der Waals surface area contributed by atoms with Crippen LogP contribution in [0.1, 0.15) is 38.5 Å². The Morgan fingerprint density at radius 1 is 1.19 bits per heavy atom. The van der Waals surface area contributed by atoms with Gasteiger partial charge in [-0.3, -0.25) is 0 Å². The van der Waals surface area contributed by atoms with Crippen LogP contribution >= 0.6 is 0 Å². The van der Waals surface area contributed by atoms with Gasteiger partial charge in [0.1, 0.15) is 0 Å². The Labute approximate surface area is 97.6 Å². The summed E-state index contributed by atoms with van der Waals surface area (Å²) in [5, 5.41) is 3.43. The van der Waals surface area contributed by atoms with Crippen molar-refractivity contribution in [3.63, 3.8) is 0 Å². The van der Waals surface area contributed by atoms with Crippen molar-refractivity contribution in [1.82, 2.24) is 10.2 Å². The van der Waals surface area contributed by atoms with Crippen molar-refractivity contribution in [3.05, 3.63) is 0 Å². The fourth-order valence-corrected chi connectivity index (χ4v) is 3.11. The van der Waals surface area contributed by atoms with Crippen LogP contribution in [0.3, 0.4) is 0 Å². The van der Waals surface area contributed by atoms with E-state index in [1.54, 1.807) is 0 Å². The Morgan fingerprint density at radius 3 is 2.75 bits per heavy atom. The molecule has 2 heterocycles. The summed E-state index contributed by atoms with van der Waals surface area (Å²) in [6.07, 6.45) is 7.19. The second-order valence-electron chi connectivity index (χ2n) is 5.05. The summed E-state index contributed by atoms with van der Waals surface area (Å²) in [7, 11) is 0. The highest BCUT2D eigenvalue weighted by molar-refractivity contribution is 5.72. The molecule has 0 saturated carbocycles. The molecule has 2 fully saturated rings. The number of nitrogens with one attached hydrogen (secondary N) is 1. The van der Waals surface area contributed by atoms with Crippen molar-refractivity contribution in [1.29, 1.82) is 0 Å². The van der Waals surface area contributed by atoms with Crippen molar-refractivity contribution < 1.29 is 4.79 Å². The molecule has 0 bridgehead atoms. The number of hydrogen-bond acceptors (Lipinski definition) is 2. The lowest BCUT2D eigenvalue weighted by Crippen LogP contribution is -2.50. The summed E-state index contributed by atoms with van der Waals surface area (Å²) in [4.78, 5) is 13.4. The van der Waals surface area contributed by atoms with E-state index in [9.17, 15) is 4.79 Å². The first-order valence-corrected chi connectivity index (χ1v) is 6.56. The number of carbonyl (C=O) groups is 1. The maximum Gasteiger partial charge on any atom is 0.315 e. The summed E-state index contributed by atoms with van der Waals surface area (Å²) >= 11 is 0. The van der Waals surface area contributed by atoms with Crippen LogP contribution in [0, 0.1) is 5.92 Å².